The maximum Gasteiger partial charge on any atom is 0.125 e. The summed E-state index contributed by atoms with van der Waals surface area (Å²) in [6.45, 7) is 5.65. The quantitative estimate of drug-likeness (QED) is 0.874. The van der Waals surface area contributed by atoms with Crippen molar-refractivity contribution in [1.82, 2.24) is 5.32 Å². The van der Waals surface area contributed by atoms with E-state index in [1.165, 1.54) is 27.5 Å². The molecule has 0 atom stereocenters. The molecule has 0 unspecified atom stereocenters. The molecule has 96 valence electrons. The molecule has 0 aliphatic rings. The maximum atomic E-state index is 13.1. The molecule has 2 rings (SSSR count). The molecule has 2 aromatic rings. The Morgan fingerprint density at radius 3 is 2.56 bits per heavy atom. The second kappa shape index (κ2) is 5.83. The van der Waals surface area contributed by atoms with Crippen molar-refractivity contribution in [2.24, 2.45) is 0 Å². The zero-order chi connectivity index (χ0) is 13.1. The molecule has 0 saturated heterocycles. The van der Waals surface area contributed by atoms with Gasteiger partial charge in [-0.25, -0.2) is 4.39 Å². The summed E-state index contributed by atoms with van der Waals surface area (Å²) in [5, 5.41) is 3.74. The molecule has 18 heavy (non-hydrogen) atoms. The van der Waals surface area contributed by atoms with Gasteiger partial charge < -0.3 is 5.32 Å². The molecule has 1 aromatic carbocycles. The van der Waals surface area contributed by atoms with E-state index in [2.05, 4.69) is 25.2 Å². The first-order valence-electron chi connectivity index (χ1n) is 5.76. The van der Waals surface area contributed by atoms with Gasteiger partial charge in [-0.3, -0.25) is 0 Å². The summed E-state index contributed by atoms with van der Waals surface area (Å²) in [4.78, 5) is 2.65. The molecule has 0 fully saturated rings. The summed E-state index contributed by atoms with van der Waals surface area (Å²) in [7, 11) is 0. The molecule has 0 saturated carbocycles. The highest BCUT2D eigenvalue weighted by Crippen LogP contribution is 2.20. The monoisotopic (exact) mass is 283 g/mol. The average molecular weight is 284 g/mol. The van der Waals surface area contributed by atoms with Gasteiger partial charge in [-0.15, -0.1) is 11.3 Å². The molecule has 0 amide bonds. The van der Waals surface area contributed by atoms with Crippen molar-refractivity contribution in [3.05, 3.63) is 56.0 Å². The summed E-state index contributed by atoms with van der Waals surface area (Å²) in [5.74, 6) is -0.290. The minimum absolute atomic E-state index is 0.290. The number of hydrogen-bond acceptors (Lipinski definition) is 2. The van der Waals surface area contributed by atoms with Gasteiger partial charge in [-0.2, -0.15) is 0 Å². The van der Waals surface area contributed by atoms with E-state index in [-0.39, 0.29) is 5.82 Å². The molecule has 0 aliphatic heterocycles. The lowest BCUT2D eigenvalue weighted by Gasteiger charge is -2.04. The van der Waals surface area contributed by atoms with Crippen molar-refractivity contribution in [3.63, 3.8) is 0 Å². The van der Waals surface area contributed by atoms with Crippen molar-refractivity contribution >= 4 is 22.9 Å². The molecule has 0 aliphatic carbocycles. The minimum atomic E-state index is -0.290. The number of nitrogens with one attached hydrogen (secondary N) is 1. The van der Waals surface area contributed by atoms with E-state index in [1.807, 2.05) is 0 Å². The Hall–Kier alpha value is -0.900. The van der Waals surface area contributed by atoms with Crippen LogP contribution in [0.3, 0.4) is 0 Å². The van der Waals surface area contributed by atoms with Gasteiger partial charge in [-0.1, -0.05) is 11.6 Å². The Morgan fingerprint density at radius 2 is 1.94 bits per heavy atom. The van der Waals surface area contributed by atoms with Crippen molar-refractivity contribution in [2.45, 2.75) is 26.9 Å². The molecule has 1 aromatic heterocycles. The zero-order valence-electron chi connectivity index (χ0n) is 10.4. The van der Waals surface area contributed by atoms with Gasteiger partial charge in [0.05, 0.1) is 0 Å². The first-order chi connectivity index (χ1) is 8.54. The summed E-state index contributed by atoms with van der Waals surface area (Å²) >= 11 is 7.60. The Bertz CT molecular complexity index is 511. The first-order valence-corrected chi connectivity index (χ1v) is 6.95. The number of halogens is 2. The van der Waals surface area contributed by atoms with Crippen LogP contribution < -0.4 is 5.32 Å². The lowest BCUT2D eigenvalue weighted by Crippen LogP contribution is -2.11. The van der Waals surface area contributed by atoms with E-state index in [4.69, 9.17) is 11.6 Å². The van der Waals surface area contributed by atoms with Crippen LogP contribution in [0.25, 0.3) is 0 Å². The van der Waals surface area contributed by atoms with Crippen LogP contribution in [0.4, 0.5) is 4.39 Å². The topological polar surface area (TPSA) is 12.0 Å². The number of thiophene rings is 1. The zero-order valence-corrected chi connectivity index (χ0v) is 12.0. The lowest BCUT2D eigenvalue weighted by atomic mass is 10.2. The van der Waals surface area contributed by atoms with E-state index in [0.29, 0.717) is 11.6 Å². The van der Waals surface area contributed by atoms with Crippen LogP contribution in [0.1, 0.15) is 20.9 Å². The second-order valence-corrected chi connectivity index (χ2v) is 6.11. The van der Waals surface area contributed by atoms with E-state index < -0.39 is 0 Å². The number of hydrogen-bond donors (Lipinski definition) is 1. The fourth-order valence-electron chi connectivity index (χ4n) is 1.78. The van der Waals surface area contributed by atoms with Gasteiger partial charge in [0.2, 0.25) is 0 Å². The van der Waals surface area contributed by atoms with Gasteiger partial charge in [0.1, 0.15) is 5.82 Å². The fourth-order valence-corrected chi connectivity index (χ4v) is 3.05. The fraction of sp³-hybridized carbons (Fsp3) is 0.286. The summed E-state index contributed by atoms with van der Waals surface area (Å²) in [6.07, 6.45) is 0. The van der Waals surface area contributed by atoms with Crippen LogP contribution in [0.2, 0.25) is 5.02 Å². The van der Waals surface area contributed by atoms with Crippen LogP contribution in [0.5, 0.6) is 0 Å². The van der Waals surface area contributed by atoms with Crippen LogP contribution in [-0.2, 0) is 13.1 Å². The van der Waals surface area contributed by atoms with Crippen molar-refractivity contribution in [2.75, 3.05) is 0 Å². The van der Waals surface area contributed by atoms with Crippen LogP contribution in [-0.4, -0.2) is 0 Å². The summed E-state index contributed by atoms with van der Waals surface area (Å²) in [6, 6.07) is 6.79. The predicted molar refractivity (Wildman–Crippen MR) is 75.7 cm³/mol. The van der Waals surface area contributed by atoms with Crippen molar-refractivity contribution in [1.29, 1.82) is 0 Å². The maximum absolute atomic E-state index is 13.1. The van der Waals surface area contributed by atoms with E-state index in [9.17, 15) is 4.39 Å². The normalized spacial score (nSPS) is 10.9. The Balaban J connectivity index is 1.92. The average Bonchev–Trinajstić information content (AvgIpc) is 2.57. The van der Waals surface area contributed by atoms with Gasteiger partial charge in [0.25, 0.3) is 0 Å². The van der Waals surface area contributed by atoms with Crippen LogP contribution in [0, 0.1) is 19.7 Å². The number of rotatable bonds is 4. The van der Waals surface area contributed by atoms with Crippen LogP contribution >= 0.6 is 22.9 Å². The Labute approximate surface area is 116 Å². The molecule has 4 heteroatoms. The Kier molecular flexibility index (Phi) is 4.38. The van der Waals surface area contributed by atoms with Gasteiger partial charge in [0, 0.05) is 27.9 Å². The second-order valence-electron chi connectivity index (χ2n) is 4.33. The third-order valence-corrected chi connectivity index (χ3v) is 4.14. The highest BCUT2D eigenvalue weighted by atomic mass is 35.5. The minimum Gasteiger partial charge on any atom is -0.308 e. The first kappa shape index (κ1) is 13.5. The molecule has 0 radical (unpaired) electrons. The van der Waals surface area contributed by atoms with Crippen molar-refractivity contribution in [3.8, 4) is 0 Å². The molecule has 0 spiro atoms. The van der Waals surface area contributed by atoms with Crippen LogP contribution in [0.15, 0.2) is 24.3 Å². The van der Waals surface area contributed by atoms with E-state index in [0.717, 1.165) is 12.1 Å². The number of aryl methyl sites for hydroxylation is 2. The van der Waals surface area contributed by atoms with Crippen molar-refractivity contribution < 1.29 is 4.39 Å². The molecular formula is C14H15ClFNS. The largest absolute Gasteiger partial charge is 0.308 e. The van der Waals surface area contributed by atoms with E-state index >= 15 is 0 Å². The lowest BCUT2D eigenvalue weighted by molar-refractivity contribution is 0.620. The summed E-state index contributed by atoms with van der Waals surface area (Å²) in [5.41, 5.74) is 2.19. The highest BCUT2D eigenvalue weighted by molar-refractivity contribution is 7.12. The molecular weight excluding hydrogens is 269 g/mol. The highest BCUT2D eigenvalue weighted by Gasteiger charge is 2.02. The number of benzene rings is 1. The smallest absolute Gasteiger partial charge is 0.125 e. The van der Waals surface area contributed by atoms with Gasteiger partial charge in [-0.05, 0) is 49.2 Å². The van der Waals surface area contributed by atoms with Gasteiger partial charge >= 0.3 is 0 Å². The SMILES string of the molecule is Cc1cc(CNCc2cc(F)cc(Cl)c2)sc1C. The summed E-state index contributed by atoms with van der Waals surface area (Å²) < 4.78 is 13.1. The van der Waals surface area contributed by atoms with E-state index in [1.54, 1.807) is 17.4 Å². The third-order valence-electron chi connectivity index (χ3n) is 2.77. The third kappa shape index (κ3) is 3.55. The predicted octanol–water partition coefficient (Wildman–Crippen LogP) is 4.45. The molecule has 0 bridgehead atoms. The molecule has 1 nitrogen and oxygen atoms in total. The standard InChI is InChI=1S/C14H15ClFNS/c1-9-3-14(18-10(9)2)8-17-7-11-4-12(15)6-13(16)5-11/h3-6,17H,7-8H2,1-2H3. The molecule has 1 heterocycles. The van der Waals surface area contributed by atoms with Gasteiger partial charge in [0.15, 0.2) is 0 Å². The Morgan fingerprint density at radius 1 is 1.17 bits per heavy atom. The molecule has 1 N–H and O–H groups in total.